The van der Waals surface area contributed by atoms with E-state index in [1.165, 1.54) is 4.90 Å². The molecule has 7 heteroatoms. The second-order valence-corrected chi connectivity index (χ2v) is 8.34. The monoisotopic (exact) mass is 461 g/mol. The zero-order valence-electron chi connectivity index (χ0n) is 18.1. The number of rotatable bonds is 7. The highest BCUT2D eigenvalue weighted by Gasteiger charge is 2.26. The minimum absolute atomic E-state index is 0.0723. The third kappa shape index (κ3) is 5.35. The first kappa shape index (κ1) is 22.4. The summed E-state index contributed by atoms with van der Waals surface area (Å²) in [5.41, 5.74) is 3.15. The van der Waals surface area contributed by atoms with Crippen molar-refractivity contribution in [3.8, 4) is 5.75 Å². The van der Waals surface area contributed by atoms with Crippen LogP contribution in [0.25, 0.3) is 10.9 Å². The molecule has 0 unspecified atom stereocenters. The number of phenolic OH excluding ortho intramolecular Hbond substituents is 1. The average molecular weight is 462 g/mol. The first-order chi connectivity index (χ1) is 15.9. The van der Waals surface area contributed by atoms with Crippen LogP contribution in [0.1, 0.15) is 11.1 Å². The highest BCUT2D eigenvalue weighted by atomic mass is 35.5. The van der Waals surface area contributed by atoms with Crippen LogP contribution in [0.4, 0.5) is 5.69 Å². The molecule has 0 saturated heterocycles. The third-order valence-corrected chi connectivity index (χ3v) is 5.78. The molecule has 3 aromatic carbocycles. The molecule has 0 spiro atoms. The molecule has 0 aliphatic carbocycles. The molecule has 1 aromatic heterocycles. The number of phenols is 1. The van der Waals surface area contributed by atoms with Crippen LogP contribution < -0.4 is 10.2 Å². The van der Waals surface area contributed by atoms with Crippen molar-refractivity contribution in [1.82, 2.24) is 10.3 Å². The second-order valence-electron chi connectivity index (χ2n) is 7.91. The number of aromatic nitrogens is 1. The Labute approximate surface area is 196 Å². The molecular formula is C26H24ClN3O3. The topological polar surface area (TPSA) is 85.4 Å². The van der Waals surface area contributed by atoms with E-state index in [9.17, 15) is 14.7 Å². The van der Waals surface area contributed by atoms with E-state index in [1.807, 2.05) is 30.3 Å². The Balaban J connectivity index is 1.55. The summed E-state index contributed by atoms with van der Waals surface area (Å²) in [7, 11) is 1.67. The summed E-state index contributed by atoms with van der Waals surface area (Å²) in [5.74, 6) is -0.400. The Morgan fingerprint density at radius 2 is 1.85 bits per heavy atom. The molecule has 4 aromatic rings. The van der Waals surface area contributed by atoms with Gasteiger partial charge in [-0.15, -0.1) is 0 Å². The first-order valence-corrected chi connectivity index (χ1v) is 10.9. The van der Waals surface area contributed by atoms with Gasteiger partial charge in [0.25, 0.3) is 0 Å². The fourth-order valence-electron chi connectivity index (χ4n) is 3.83. The summed E-state index contributed by atoms with van der Waals surface area (Å²) in [6.07, 6.45) is 2.17. The molecule has 0 aliphatic rings. The van der Waals surface area contributed by atoms with E-state index in [1.54, 1.807) is 55.7 Å². The van der Waals surface area contributed by atoms with Gasteiger partial charge < -0.3 is 20.3 Å². The lowest BCUT2D eigenvalue weighted by atomic mass is 10.0. The molecule has 168 valence electrons. The Morgan fingerprint density at radius 3 is 2.61 bits per heavy atom. The summed E-state index contributed by atoms with van der Waals surface area (Å²) in [6, 6.07) is 20.8. The van der Waals surface area contributed by atoms with Crippen molar-refractivity contribution in [3.05, 3.63) is 95.1 Å². The number of fused-ring (bicyclic) bond motifs is 1. The lowest BCUT2D eigenvalue weighted by Crippen LogP contribution is -2.49. The first-order valence-electron chi connectivity index (χ1n) is 10.6. The van der Waals surface area contributed by atoms with E-state index in [0.29, 0.717) is 17.1 Å². The molecule has 4 rings (SSSR count). The van der Waals surface area contributed by atoms with Gasteiger partial charge in [0.05, 0.1) is 6.42 Å². The number of carbonyl (C=O) groups is 2. The number of benzene rings is 3. The SMILES string of the molecule is CN(C(=O)[C@H](Cc1ccccc1)NC(=O)Cc1c[nH]c2ccc(O)cc12)c1cccc(Cl)c1. The number of aromatic hydroxyl groups is 1. The maximum absolute atomic E-state index is 13.4. The van der Waals surface area contributed by atoms with Gasteiger partial charge in [-0.2, -0.15) is 0 Å². The van der Waals surface area contributed by atoms with E-state index < -0.39 is 6.04 Å². The molecule has 1 atom stereocenters. The maximum atomic E-state index is 13.4. The quantitative estimate of drug-likeness (QED) is 0.380. The van der Waals surface area contributed by atoms with Gasteiger partial charge in [0, 0.05) is 41.3 Å². The summed E-state index contributed by atoms with van der Waals surface area (Å²) < 4.78 is 0. The van der Waals surface area contributed by atoms with Crippen molar-refractivity contribution in [2.75, 3.05) is 11.9 Å². The molecule has 2 amide bonds. The van der Waals surface area contributed by atoms with E-state index >= 15 is 0 Å². The molecular weight excluding hydrogens is 438 g/mol. The smallest absolute Gasteiger partial charge is 0.249 e. The van der Waals surface area contributed by atoms with Crippen LogP contribution in [-0.2, 0) is 22.4 Å². The summed E-state index contributed by atoms with van der Waals surface area (Å²) >= 11 is 6.10. The van der Waals surface area contributed by atoms with E-state index in [0.717, 1.165) is 22.0 Å². The summed E-state index contributed by atoms with van der Waals surface area (Å²) in [6.45, 7) is 0. The Kier molecular flexibility index (Phi) is 6.66. The molecule has 0 bridgehead atoms. The van der Waals surface area contributed by atoms with E-state index in [4.69, 9.17) is 11.6 Å². The number of hydrogen-bond acceptors (Lipinski definition) is 3. The van der Waals surface area contributed by atoms with Crippen molar-refractivity contribution in [1.29, 1.82) is 0 Å². The average Bonchev–Trinajstić information content (AvgIpc) is 3.20. The zero-order valence-corrected chi connectivity index (χ0v) is 18.8. The lowest BCUT2D eigenvalue weighted by Gasteiger charge is -2.25. The molecule has 0 aliphatic heterocycles. The van der Waals surface area contributed by atoms with Crippen molar-refractivity contribution in [3.63, 3.8) is 0 Å². The number of nitrogens with zero attached hydrogens (tertiary/aromatic N) is 1. The largest absolute Gasteiger partial charge is 0.508 e. The molecule has 33 heavy (non-hydrogen) atoms. The molecule has 0 radical (unpaired) electrons. The molecule has 6 nitrogen and oxygen atoms in total. The standard InChI is InChI=1S/C26H24ClN3O3/c1-30(20-9-5-8-19(27)14-20)26(33)24(12-17-6-3-2-4-7-17)29-25(32)13-18-16-28-23-11-10-21(31)15-22(18)23/h2-11,14-16,24,28,31H,12-13H2,1H3,(H,29,32)/t24-/m0/s1. The maximum Gasteiger partial charge on any atom is 0.249 e. The minimum Gasteiger partial charge on any atom is -0.508 e. The summed E-state index contributed by atoms with van der Waals surface area (Å²) in [5, 5.41) is 14.0. The third-order valence-electron chi connectivity index (χ3n) is 5.54. The van der Waals surface area contributed by atoms with Gasteiger partial charge in [-0.1, -0.05) is 48.0 Å². The fourth-order valence-corrected chi connectivity index (χ4v) is 4.01. The van der Waals surface area contributed by atoms with Gasteiger partial charge in [0.15, 0.2) is 0 Å². The van der Waals surface area contributed by atoms with E-state index in [2.05, 4.69) is 10.3 Å². The van der Waals surface area contributed by atoms with Crippen molar-refractivity contribution < 1.29 is 14.7 Å². The number of amides is 2. The lowest BCUT2D eigenvalue weighted by molar-refractivity contribution is -0.127. The Hall–Kier alpha value is -3.77. The van der Waals surface area contributed by atoms with Gasteiger partial charge in [-0.05, 0) is 47.5 Å². The zero-order chi connectivity index (χ0) is 23.4. The number of H-pyrrole nitrogens is 1. The van der Waals surface area contributed by atoms with Gasteiger partial charge in [-0.25, -0.2) is 0 Å². The number of carbonyl (C=O) groups excluding carboxylic acids is 2. The van der Waals surface area contributed by atoms with Crippen LogP contribution in [-0.4, -0.2) is 35.0 Å². The molecule has 3 N–H and O–H groups in total. The van der Waals surface area contributed by atoms with Crippen molar-refractivity contribution >= 4 is 40.0 Å². The van der Waals surface area contributed by atoms with Crippen molar-refractivity contribution in [2.45, 2.75) is 18.9 Å². The molecule has 0 fully saturated rings. The Bertz CT molecular complexity index is 1290. The van der Waals surface area contributed by atoms with Crippen LogP contribution in [0.2, 0.25) is 5.02 Å². The highest BCUT2D eigenvalue weighted by Crippen LogP contribution is 2.24. The van der Waals surface area contributed by atoms with Gasteiger partial charge in [-0.3, -0.25) is 9.59 Å². The number of anilines is 1. The van der Waals surface area contributed by atoms with Crippen LogP contribution in [0.15, 0.2) is 79.0 Å². The fraction of sp³-hybridized carbons (Fsp3) is 0.154. The van der Waals surface area contributed by atoms with Crippen LogP contribution >= 0.6 is 11.6 Å². The van der Waals surface area contributed by atoms with E-state index in [-0.39, 0.29) is 24.0 Å². The van der Waals surface area contributed by atoms with Gasteiger partial charge in [0.1, 0.15) is 11.8 Å². The number of aromatic amines is 1. The predicted molar refractivity (Wildman–Crippen MR) is 131 cm³/mol. The number of hydrogen-bond donors (Lipinski definition) is 3. The highest BCUT2D eigenvalue weighted by molar-refractivity contribution is 6.30. The molecule has 1 heterocycles. The normalized spacial score (nSPS) is 11.8. The number of likely N-dealkylation sites (N-methyl/N-ethyl adjacent to an activating group) is 1. The summed E-state index contributed by atoms with van der Waals surface area (Å²) in [4.78, 5) is 31.0. The van der Waals surface area contributed by atoms with Crippen LogP contribution in [0.5, 0.6) is 5.75 Å². The van der Waals surface area contributed by atoms with Gasteiger partial charge >= 0.3 is 0 Å². The second kappa shape index (κ2) is 9.79. The predicted octanol–water partition coefficient (Wildman–Crippen LogP) is 4.46. The van der Waals surface area contributed by atoms with Crippen LogP contribution in [0.3, 0.4) is 0 Å². The number of halogens is 1. The van der Waals surface area contributed by atoms with Crippen molar-refractivity contribution in [2.24, 2.45) is 0 Å². The number of nitrogens with one attached hydrogen (secondary N) is 2. The Morgan fingerprint density at radius 1 is 1.06 bits per heavy atom. The molecule has 0 saturated carbocycles. The van der Waals surface area contributed by atoms with Gasteiger partial charge in [0.2, 0.25) is 11.8 Å². The minimum atomic E-state index is -0.762. The van der Waals surface area contributed by atoms with Crippen LogP contribution in [0, 0.1) is 0 Å².